The van der Waals surface area contributed by atoms with Crippen LogP contribution >= 0.6 is 11.6 Å². The largest absolute Gasteiger partial charge is 0.481 e. The van der Waals surface area contributed by atoms with E-state index in [0.717, 1.165) is 0 Å². The summed E-state index contributed by atoms with van der Waals surface area (Å²) in [6.45, 7) is 0.284. The Bertz CT molecular complexity index is 173. The molecule has 1 atom stereocenters. The lowest BCUT2D eigenvalue weighted by atomic mass is 10.2. The van der Waals surface area contributed by atoms with Crippen LogP contribution in [-0.2, 0) is 9.59 Å². The lowest BCUT2D eigenvalue weighted by Crippen LogP contribution is -2.39. The highest BCUT2D eigenvalue weighted by molar-refractivity contribution is 6.18. The van der Waals surface area contributed by atoms with Crippen molar-refractivity contribution in [3.8, 4) is 0 Å². The van der Waals surface area contributed by atoms with Crippen LogP contribution in [0, 0.1) is 0 Å². The number of carboxylic acids is 2. The first-order valence-electron chi connectivity index (χ1n) is 3.32. The van der Waals surface area contributed by atoms with Gasteiger partial charge in [0.25, 0.3) is 0 Å². The van der Waals surface area contributed by atoms with Crippen LogP contribution in [0.2, 0.25) is 0 Å². The molecule has 0 amide bonds. The third-order valence-corrected chi connectivity index (χ3v) is 1.35. The van der Waals surface area contributed by atoms with Crippen molar-refractivity contribution in [2.75, 3.05) is 12.4 Å². The Labute approximate surface area is 74.3 Å². The topological polar surface area (TPSA) is 86.6 Å². The third kappa shape index (κ3) is 4.92. The smallest absolute Gasteiger partial charge is 0.321 e. The quantitative estimate of drug-likeness (QED) is 0.509. The first-order chi connectivity index (χ1) is 5.57. The van der Waals surface area contributed by atoms with Gasteiger partial charge in [0, 0.05) is 12.4 Å². The van der Waals surface area contributed by atoms with Gasteiger partial charge in [0.1, 0.15) is 6.04 Å². The standard InChI is InChI=1S/C6H10ClNO4/c7-1-2-8-4(6(11)12)3-5(9)10/h4,8H,1-3H2,(H,9,10)(H,11,12). The molecule has 0 aromatic heterocycles. The molecule has 1 unspecified atom stereocenters. The molecule has 0 fully saturated rings. The second-order valence-electron chi connectivity index (χ2n) is 2.13. The van der Waals surface area contributed by atoms with E-state index in [1.165, 1.54) is 0 Å². The SMILES string of the molecule is O=C(O)CC(NCCCl)C(=O)O. The minimum Gasteiger partial charge on any atom is -0.481 e. The summed E-state index contributed by atoms with van der Waals surface area (Å²) < 4.78 is 0. The van der Waals surface area contributed by atoms with Gasteiger partial charge in [-0.1, -0.05) is 0 Å². The molecule has 0 radical (unpaired) electrons. The maximum absolute atomic E-state index is 10.4. The zero-order chi connectivity index (χ0) is 9.56. The van der Waals surface area contributed by atoms with E-state index in [9.17, 15) is 9.59 Å². The summed E-state index contributed by atoms with van der Waals surface area (Å²) in [7, 11) is 0. The van der Waals surface area contributed by atoms with E-state index >= 15 is 0 Å². The van der Waals surface area contributed by atoms with Gasteiger partial charge in [-0.15, -0.1) is 11.6 Å². The van der Waals surface area contributed by atoms with Crippen LogP contribution in [0.25, 0.3) is 0 Å². The molecule has 70 valence electrons. The number of carboxylic acid groups (broad SMARTS) is 2. The molecular weight excluding hydrogens is 186 g/mol. The molecule has 0 heterocycles. The van der Waals surface area contributed by atoms with Gasteiger partial charge in [0.15, 0.2) is 0 Å². The monoisotopic (exact) mass is 195 g/mol. The van der Waals surface area contributed by atoms with Crippen LogP contribution in [0.4, 0.5) is 0 Å². The molecule has 0 rings (SSSR count). The number of rotatable bonds is 6. The summed E-state index contributed by atoms with van der Waals surface area (Å²) in [6, 6.07) is -1.05. The van der Waals surface area contributed by atoms with Gasteiger partial charge >= 0.3 is 11.9 Å². The Balaban J connectivity index is 3.87. The van der Waals surface area contributed by atoms with Gasteiger partial charge in [-0.3, -0.25) is 9.59 Å². The predicted octanol–water partition coefficient (Wildman–Crippen LogP) is -0.257. The van der Waals surface area contributed by atoms with E-state index in [4.69, 9.17) is 21.8 Å². The molecule has 0 aliphatic heterocycles. The summed E-state index contributed by atoms with van der Waals surface area (Å²) in [5, 5.41) is 19.3. The van der Waals surface area contributed by atoms with Crippen molar-refractivity contribution in [1.82, 2.24) is 5.32 Å². The summed E-state index contributed by atoms with van der Waals surface area (Å²) in [6.07, 6.45) is -0.438. The van der Waals surface area contributed by atoms with E-state index in [2.05, 4.69) is 5.32 Å². The highest BCUT2D eigenvalue weighted by atomic mass is 35.5. The van der Waals surface area contributed by atoms with Crippen LogP contribution in [0.3, 0.4) is 0 Å². The number of aliphatic carboxylic acids is 2. The zero-order valence-corrected chi connectivity index (χ0v) is 7.04. The van der Waals surface area contributed by atoms with Gasteiger partial charge in [0.2, 0.25) is 0 Å². The van der Waals surface area contributed by atoms with Crippen LogP contribution in [0.5, 0.6) is 0 Å². The van der Waals surface area contributed by atoms with E-state index in [0.29, 0.717) is 0 Å². The van der Waals surface area contributed by atoms with E-state index < -0.39 is 24.4 Å². The van der Waals surface area contributed by atoms with Crippen LogP contribution in [0.1, 0.15) is 6.42 Å². The molecule has 0 bridgehead atoms. The molecule has 5 nitrogen and oxygen atoms in total. The van der Waals surface area contributed by atoms with Gasteiger partial charge in [-0.25, -0.2) is 0 Å². The zero-order valence-electron chi connectivity index (χ0n) is 6.29. The van der Waals surface area contributed by atoms with Crippen molar-refractivity contribution in [1.29, 1.82) is 0 Å². The molecule has 0 saturated heterocycles. The Kier molecular flexibility index (Phi) is 5.40. The van der Waals surface area contributed by atoms with Crippen molar-refractivity contribution in [2.24, 2.45) is 0 Å². The fourth-order valence-corrected chi connectivity index (χ4v) is 0.759. The molecule has 0 saturated carbocycles. The van der Waals surface area contributed by atoms with Crippen molar-refractivity contribution >= 4 is 23.5 Å². The molecule has 0 aromatic carbocycles. The van der Waals surface area contributed by atoms with Crippen molar-refractivity contribution in [3.05, 3.63) is 0 Å². The molecule has 12 heavy (non-hydrogen) atoms. The molecule has 0 aromatic rings. The van der Waals surface area contributed by atoms with Crippen molar-refractivity contribution in [2.45, 2.75) is 12.5 Å². The Morgan fingerprint density at radius 1 is 1.42 bits per heavy atom. The van der Waals surface area contributed by atoms with Gasteiger partial charge in [-0.05, 0) is 0 Å². The summed E-state index contributed by atoms with van der Waals surface area (Å²) in [4.78, 5) is 20.5. The molecule has 0 aliphatic carbocycles. The maximum Gasteiger partial charge on any atom is 0.321 e. The number of alkyl halides is 1. The first-order valence-corrected chi connectivity index (χ1v) is 3.85. The van der Waals surface area contributed by atoms with E-state index in [-0.39, 0.29) is 12.4 Å². The van der Waals surface area contributed by atoms with Crippen LogP contribution < -0.4 is 5.32 Å². The van der Waals surface area contributed by atoms with Gasteiger partial charge in [-0.2, -0.15) is 0 Å². The summed E-state index contributed by atoms with van der Waals surface area (Å²) in [5.74, 6) is -2.07. The van der Waals surface area contributed by atoms with Gasteiger partial charge < -0.3 is 15.5 Å². The molecule has 3 N–H and O–H groups in total. The molecule has 0 aliphatic rings. The van der Waals surface area contributed by atoms with Crippen molar-refractivity contribution < 1.29 is 19.8 Å². The molecular formula is C6H10ClNO4. The minimum absolute atomic E-state index is 0.253. The second-order valence-corrected chi connectivity index (χ2v) is 2.51. The number of nitrogens with one attached hydrogen (secondary N) is 1. The Hall–Kier alpha value is -0.810. The fourth-order valence-electron chi connectivity index (χ4n) is 0.650. The third-order valence-electron chi connectivity index (χ3n) is 1.16. The number of halogens is 1. The predicted molar refractivity (Wildman–Crippen MR) is 42.4 cm³/mol. The normalized spacial score (nSPS) is 12.4. The lowest BCUT2D eigenvalue weighted by molar-refractivity contribution is -0.145. The number of carbonyl (C=O) groups is 2. The van der Waals surface area contributed by atoms with Crippen LogP contribution in [0.15, 0.2) is 0 Å². The summed E-state index contributed by atoms with van der Waals surface area (Å²) in [5.41, 5.74) is 0. The van der Waals surface area contributed by atoms with Crippen LogP contribution in [-0.4, -0.2) is 40.6 Å². The maximum atomic E-state index is 10.4. The second kappa shape index (κ2) is 5.79. The number of hydrogen-bond acceptors (Lipinski definition) is 3. The Morgan fingerprint density at radius 3 is 2.33 bits per heavy atom. The fraction of sp³-hybridized carbons (Fsp3) is 0.667. The highest BCUT2D eigenvalue weighted by Crippen LogP contribution is 1.92. The first kappa shape index (κ1) is 11.2. The van der Waals surface area contributed by atoms with Crippen molar-refractivity contribution in [3.63, 3.8) is 0 Å². The average molecular weight is 196 g/mol. The highest BCUT2D eigenvalue weighted by Gasteiger charge is 2.19. The van der Waals surface area contributed by atoms with E-state index in [1.807, 2.05) is 0 Å². The molecule has 0 spiro atoms. The average Bonchev–Trinajstić information content (AvgIpc) is 1.96. The van der Waals surface area contributed by atoms with E-state index in [1.54, 1.807) is 0 Å². The minimum atomic E-state index is -1.18. The summed E-state index contributed by atoms with van der Waals surface area (Å²) >= 11 is 5.28. The lowest BCUT2D eigenvalue weighted by Gasteiger charge is -2.09. The number of hydrogen-bond donors (Lipinski definition) is 3. The Morgan fingerprint density at radius 2 is 2.00 bits per heavy atom. The molecule has 6 heteroatoms. The van der Waals surface area contributed by atoms with Gasteiger partial charge in [0.05, 0.1) is 6.42 Å².